The van der Waals surface area contributed by atoms with Crippen molar-refractivity contribution >= 4 is 85.9 Å². The molecule has 9 aromatic carbocycles. The van der Waals surface area contributed by atoms with Gasteiger partial charge in [0.25, 0.3) is 0 Å². The van der Waals surface area contributed by atoms with E-state index in [2.05, 4.69) is 179 Å². The molecular weight excluding hydrogens is 637 g/mol. The van der Waals surface area contributed by atoms with Crippen LogP contribution >= 0.6 is 11.3 Å². The molecule has 236 valence electrons. The van der Waals surface area contributed by atoms with E-state index in [1.54, 1.807) is 0 Å². The van der Waals surface area contributed by atoms with Gasteiger partial charge in [0.1, 0.15) is 0 Å². The van der Waals surface area contributed by atoms with Crippen LogP contribution in [-0.2, 0) is 0 Å². The van der Waals surface area contributed by atoms with Crippen LogP contribution in [0.4, 0.5) is 0 Å². The lowest BCUT2D eigenvalue weighted by Crippen LogP contribution is -1.95. The second-order valence-electron chi connectivity index (χ2n) is 13.7. The van der Waals surface area contributed by atoms with Crippen molar-refractivity contribution in [2.45, 2.75) is 0 Å². The third kappa shape index (κ3) is 3.65. The number of aromatic nitrogens is 2. The van der Waals surface area contributed by atoms with Crippen LogP contribution in [0.25, 0.3) is 108 Å². The highest BCUT2D eigenvalue weighted by Crippen LogP contribution is 2.51. The Morgan fingerprint density at radius 3 is 1.57 bits per heavy atom. The summed E-state index contributed by atoms with van der Waals surface area (Å²) in [5.74, 6) is 0. The predicted molar refractivity (Wildman–Crippen MR) is 219 cm³/mol. The fourth-order valence-corrected chi connectivity index (χ4v) is 10.1. The highest BCUT2D eigenvalue weighted by molar-refractivity contribution is 7.26. The number of hydrogen-bond acceptors (Lipinski definition) is 1. The fraction of sp³-hybridized carbons (Fsp3) is 0. The molecule has 0 atom stereocenters. The molecule has 0 saturated heterocycles. The first-order chi connectivity index (χ1) is 25.3. The normalized spacial score (nSPS) is 12.3. The average Bonchev–Trinajstić information content (AvgIpc) is 3.85. The van der Waals surface area contributed by atoms with Crippen molar-refractivity contribution < 1.29 is 0 Å². The lowest BCUT2D eigenvalue weighted by molar-refractivity contribution is 1.17. The third-order valence-corrected chi connectivity index (χ3v) is 12.1. The Hall–Kier alpha value is -6.42. The number of thiophene rings is 1. The molecule has 0 aliphatic carbocycles. The maximum atomic E-state index is 2.51. The standard InChI is InChI=1S/C48H28N2S/c1-3-11-29(12-4-1)30-13-7-14-31(27-30)32-15-8-18-34(28-32)50-39-24-23-38-45-43-35(19-9-21-37(43)49(38)33-16-5-2-6-17-33)36-20-10-22-41-44(36)48-42(51-41)26-25-40(50)47(48)46(39)45/h1-28H. The summed E-state index contributed by atoms with van der Waals surface area (Å²) in [6, 6.07) is 62.7. The van der Waals surface area contributed by atoms with Crippen LogP contribution in [0.1, 0.15) is 0 Å². The molecule has 0 N–H and O–H groups in total. The maximum absolute atomic E-state index is 2.51. The number of para-hydroxylation sites is 1. The molecule has 0 spiro atoms. The first-order valence-corrected chi connectivity index (χ1v) is 18.3. The highest BCUT2D eigenvalue weighted by atomic mass is 32.1. The molecule has 0 saturated carbocycles. The Balaban J connectivity index is 1.24. The summed E-state index contributed by atoms with van der Waals surface area (Å²) in [4.78, 5) is 0. The molecule has 0 aliphatic rings. The zero-order chi connectivity index (χ0) is 33.2. The molecule has 0 unspecified atom stereocenters. The summed E-state index contributed by atoms with van der Waals surface area (Å²) in [6.45, 7) is 0. The van der Waals surface area contributed by atoms with E-state index >= 15 is 0 Å². The first kappa shape index (κ1) is 27.4. The van der Waals surface area contributed by atoms with Crippen molar-refractivity contribution in [3.05, 3.63) is 170 Å². The largest absolute Gasteiger partial charge is 0.309 e. The second kappa shape index (κ2) is 10.1. The van der Waals surface area contributed by atoms with Crippen molar-refractivity contribution in [1.29, 1.82) is 0 Å². The molecule has 0 fully saturated rings. The molecule has 2 nitrogen and oxygen atoms in total. The van der Waals surface area contributed by atoms with Gasteiger partial charge in [-0.25, -0.2) is 0 Å². The predicted octanol–water partition coefficient (Wildman–Crippen LogP) is 13.6. The van der Waals surface area contributed by atoms with E-state index in [4.69, 9.17) is 0 Å². The van der Waals surface area contributed by atoms with Gasteiger partial charge in [0, 0.05) is 53.1 Å². The Morgan fingerprint density at radius 2 is 0.784 bits per heavy atom. The minimum absolute atomic E-state index is 1.17. The number of rotatable bonds is 4. The summed E-state index contributed by atoms with van der Waals surface area (Å²) < 4.78 is 7.66. The molecule has 12 aromatic rings. The summed E-state index contributed by atoms with van der Waals surface area (Å²) >= 11 is 1.91. The van der Waals surface area contributed by atoms with Crippen molar-refractivity contribution in [2.24, 2.45) is 0 Å². The van der Waals surface area contributed by atoms with Crippen LogP contribution in [0.15, 0.2) is 170 Å². The lowest BCUT2D eigenvalue weighted by Gasteiger charge is -2.12. The Morgan fingerprint density at radius 1 is 0.294 bits per heavy atom. The SMILES string of the molecule is c1ccc(-c2cccc(-c3cccc(-n4c5ccc6sc7cccc8c9cccc%10c9c9c(c5c6c78)c4ccc9n%10-c4ccccc4)c3)c2)cc1. The van der Waals surface area contributed by atoms with Gasteiger partial charge in [-0.15, -0.1) is 11.3 Å². The van der Waals surface area contributed by atoms with Crippen molar-refractivity contribution in [3.63, 3.8) is 0 Å². The van der Waals surface area contributed by atoms with Gasteiger partial charge in [-0.1, -0.05) is 103 Å². The minimum atomic E-state index is 1.17. The van der Waals surface area contributed by atoms with Crippen LogP contribution in [-0.4, -0.2) is 9.13 Å². The van der Waals surface area contributed by atoms with Gasteiger partial charge in [0.2, 0.25) is 0 Å². The van der Waals surface area contributed by atoms with Gasteiger partial charge in [0.15, 0.2) is 0 Å². The van der Waals surface area contributed by atoms with Crippen LogP contribution in [0.5, 0.6) is 0 Å². The van der Waals surface area contributed by atoms with Gasteiger partial charge < -0.3 is 9.13 Å². The van der Waals surface area contributed by atoms with E-state index in [9.17, 15) is 0 Å². The Labute approximate surface area is 297 Å². The zero-order valence-corrected chi connectivity index (χ0v) is 28.3. The topological polar surface area (TPSA) is 9.86 Å². The molecule has 51 heavy (non-hydrogen) atoms. The molecule has 0 aliphatic heterocycles. The third-order valence-electron chi connectivity index (χ3n) is 11.0. The molecule has 12 rings (SSSR count). The number of nitrogens with zero attached hydrogens (tertiary/aromatic N) is 2. The van der Waals surface area contributed by atoms with Gasteiger partial charge >= 0.3 is 0 Å². The van der Waals surface area contributed by atoms with Crippen LogP contribution < -0.4 is 0 Å². The van der Waals surface area contributed by atoms with E-state index in [0.717, 1.165) is 0 Å². The van der Waals surface area contributed by atoms with E-state index in [1.807, 2.05) is 11.3 Å². The van der Waals surface area contributed by atoms with E-state index in [-0.39, 0.29) is 0 Å². The van der Waals surface area contributed by atoms with Gasteiger partial charge in [0.05, 0.1) is 22.1 Å². The van der Waals surface area contributed by atoms with Gasteiger partial charge in [-0.2, -0.15) is 0 Å². The summed E-state index contributed by atoms with van der Waals surface area (Å²) in [7, 11) is 0. The fourth-order valence-electron chi connectivity index (χ4n) is 8.96. The summed E-state index contributed by atoms with van der Waals surface area (Å²) in [6.07, 6.45) is 0. The highest BCUT2D eigenvalue weighted by Gasteiger charge is 2.26. The first-order valence-electron chi connectivity index (χ1n) is 17.5. The van der Waals surface area contributed by atoms with Crippen molar-refractivity contribution in [3.8, 4) is 33.6 Å². The van der Waals surface area contributed by atoms with Crippen LogP contribution in [0.2, 0.25) is 0 Å². The van der Waals surface area contributed by atoms with E-state index in [0.29, 0.717) is 0 Å². The lowest BCUT2D eigenvalue weighted by atomic mass is 9.95. The van der Waals surface area contributed by atoms with Gasteiger partial charge in [-0.05, 0) is 99.8 Å². The smallest absolute Gasteiger partial charge is 0.0549 e. The minimum Gasteiger partial charge on any atom is -0.309 e. The zero-order valence-electron chi connectivity index (χ0n) is 27.5. The number of hydrogen-bond donors (Lipinski definition) is 0. The number of fused-ring (bicyclic) bond motifs is 1. The van der Waals surface area contributed by atoms with E-state index in [1.165, 1.54) is 108 Å². The van der Waals surface area contributed by atoms with E-state index < -0.39 is 0 Å². The molecule has 3 aromatic heterocycles. The molecule has 3 heterocycles. The quantitative estimate of drug-likeness (QED) is 0.177. The second-order valence-corrected chi connectivity index (χ2v) is 14.8. The molecule has 0 bridgehead atoms. The van der Waals surface area contributed by atoms with Crippen LogP contribution in [0, 0.1) is 0 Å². The molecular formula is C48H28N2S. The summed E-state index contributed by atoms with van der Waals surface area (Å²) in [5.41, 5.74) is 12.2. The Kier molecular flexibility index (Phi) is 5.41. The average molecular weight is 665 g/mol. The van der Waals surface area contributed by atoms with Crippen molar-refractivity contribution in [2.75, 3.05) is 0 Å². The summed E-state index contributed by atoms with van der Waals surface area (Å²) in [5, 5.41) is 10.7. The van der Waals surface area contributed by atoms with Gasteiger partial charge in [-0.3, -0.25) is 0 Å². The van der Waals surface area contributed by atoms with Crippen LogP contribution in [0.3, 0.4) is 0 Å². The number of benzene rings is 8. The molecule has 0 radical (unpaired) electrons. The Bertz CT molecular complexity index is 3290. The molecule has 0 amide bonds. The van der Waals surface area contributed by atoms with Crippen molar-refractivity contribution in [1.82, 2.24) is 9.13 Å². The maximum Gasteiger partial charge on any atom is 0.0549 e. The monoisotopic (exact) mass is 664 g/mol. The molecule has 3 heteroatoms.